The van der Waals surface area contributed by atoms with Crippen molar-refractivity contribution in [3.8, 4) is 0 Å². The predicted molar refractivity (Wildman–Crippen MR) is 214 cm³/mol. The molecule has 0 aromatic heterocycles. The predicted octanol–water partition coefficient (Wildman–Crippen LogP) is 7.53. The van der Waals surface area contributed by atoms with Crippen LogP contribution in [0, 0.1) is 11.8 Å². The van der Waals surface area contributed by atoms with E-state index in [0.29, 0.717) is 43.1 Å². The van der Waals surface area contributed by atoms with Gasteiger partial charge in [0.25, 0.3) is 7.82 Å². The molecular formula is C42H76NO11P. The molecule has 0 radical (unpaired) electrons. The van der Waals surface area contributed by atoms with Crippen LogP contribution in [0.2, 0.25) is 0 Å². The maximum absolute atomic E-state index is 12.7. The average Bonchev–Trinajstić information content (AvgIpc) is 3.39. The van der Waals surface area contributed by atoms with E-state index in [-0.39, 0.29) is 50.1 Å². The van der Waals surface area contributed by atoms with Gasteiger partial charge in [-0.25, -0.2) is 0 Å². The Hall–Kier alpha value is -1.92. The average molecular weight is 802 g/mol. The molecule has 0 heterocycles. The molecule has 1 rings (SSSR count). The molecule has 2 N–H and O–H groups in total. The van der Waals surface area contributed by atoms with Gasteiger partial charge in [-0.2, -0.15) is 0 Å². The number of phosphoric ester groups is 1. The fourth-order valence-electron chi connectivity index (χ4n) is 6.40. The molecule has 0 aromatic carbocycles. The number of rotatable bonds is 34. The summed E-state index contributed by atoms with van der Waals surface area (Å²) >= 11 is 0. The molecule has 0 bridgehead atoms. The number of esters is 2. The van der Waals surface area contributed by atoms with Gasteiger partial charge in [-0.15, -0.1) is 0 Å². The summed E-state index contributed by atoms with van der Waals surface area (Å²) < 4.78 is 33.7. The van der Waals surface area contributed by atoms with Crippen LogP contribution in [0.15, 0.2) is 24.3 Å². The summed E-state index contributed by atoms with van der Waals surface area (Å²) in [5.74, 6) is -1.77. The smallest absolute Gasteiger partial charge is 0.306 e. The zero-order valence-corrected chi connectivity index (χ0v) is 35.7. The van der Waals surface area contributed by atoms with Crippen molar-refractivity contribution in [1.29, 1.82) is 0 Å². The van der Waals surface area contributed by atoms with Crippen LogP contribution in [0.1, 0.15) is 149 Å². The van der Waals surface area contributed by atoms with Gasteiger partial charge >= 0.3 is 11.9 Å². The highest BCUT2D eigenvalue weighted by molar-refractivity contribution is 7.45. The minimum absolute atomic E-state index is 0.00925. The highest BCUT2D eigenvalue weighted by Gasteiger charge is 2.39. The number of Topliss-reactive ketones (excluding diaryl/α,β-unsaturated/α-hetero) is 1. The number of quaternary nitrogens is 1. The van der Waals surface area contributed by atoms with Crippen molar-refractivity contribution >= 4 is 25.5 Å². The molecular weight excluding hydrogens is 725 g/mol. The van der Waals surface area contributed by atoms with Crippen molar-refractivity contribution in [3.63, 3.8) is 0 Å². The summed E-state index contributed by atoms with van der Waals surface area (Å²) in [5.41, 5.74) is 0. The van der Waals surface area contributed by atoms with Crippen molar-refractivity contribution < 1.29 is 57.1 Å². The monoisotopic (exact) mass is 802 g/mol. The van der Waals surface area contributed by atoms with Gasteiger partial charge in [0.15, 0.2) is 6.10 Å². The number of phosphoric acid groups is 1. The van der Waals surface area contributed by atoms with Crippen LogP contribution < -0.4 is 4.89 Å². The molecule has 1 unspecified atom stereocenters. The van der Waals surface area contributed by atoms with E-state index in [9.17, 15) is 34.1 Å². The summed E-state index contributed by atoms with van der Waals surface area (Å²) in [4.78, 5) is 50.2. The maximum atomic E-state index is 12.7. The minimum Gasteiger partial charge on any atom is -0.756 e. The van der Waals surface area contributed by atoms with E-state index >= 15 is 0 Å². The molecule has 0 amide bonds. The Morgan fingerprint density at radius 2 is 1.45 bits per heavy atom. The Kier molecular flexibility index (Phi) is 28.1. The molecule has 6 atom stereocenters. The molecule has 1 aliphatic carbocycles. The fourth-order valence-corrected chi connectivity index (χ4v) is 7.13. The van der Waals surface area contributed by atoms with Gasteiger partial charge in [0.2, 0.25) is 0 Å². The first-order valence-electron chi connectivity index (χ1n) is 21.1. The summed E-state index contributed by atoms with van der Waals surface area (Å²) in [7, 11) is 1.00. The number of likely N-dealkylation sites (N-methyl/N-ethyl adjacent to an activating group) is 1. The summed E-state index contributed by atoms with van der Waals surface area (Å²) in [6, 6.07) is 0. The van der Waals surface area contributed by atoms with Crippen LogP contribution in [0.4, 0.5) is 0 Å². The lowest BCUT2D eigenvalue weighted by atomic mass is 9.90. The van der Waals surface area contributed by atoms with Gasteiger partial charge in [-0.1, -0.05) is 122 Å². The molecule has 0 aromatic rings. The number of allylic oxidation sites excluding steroid dienone is 2. The zero-order valence-electron chi connectivity index (χ0n) is 34.8. The highest BCUT2D eigenvalue weighted by atomic mass is 31.2. The summed E-state index contributed by atoms with van der Waals surface area (Å²) in [6.45, 7) is 3.79. The molecule has 0 aliphatic heterocycles. The standard InChI is InChI=1S/C42H76NO11P/c1-6-8-10-11-12-13-14-15-16-17-22-26-41(47)51-33-36(34-53-55(49,50)52-31-30-43(3,4)5)54-42(48)27-23-19-18-21-25-37-38(40(46)32-39(37)45)29-28-35(44)24-20-9-7-2/h18,21,28-29,35-38,40,44,46H,6-17,19-20,22-27,30-34H2,1-5H3/b21-18-,29-28+/t35-,36+,37+,38+,40+/m0/s1. The molecule has 13 heteroatoms. The van der Waals surface area contributed by atoms with Crippen molar-refractivity contribution in [2.45, 2.75) is 167 Å². The second-order valence-corrected chi connectivity index (χ2v) is 17.6. The number of carbonyl (C=O) groups is 3. The van der Waals surface area contributed by atoms with Crippen molar-refractivity contribution in [3.05, 3.63) is 24.3 Å². The Morgan fingerprint density at radius 3 is 2.09 bits per heavy atom. The second-order valence-electron chi connectivity index (χ2n) is 16.1. The molecule has 12 nitrogen and oxygen atoms in total. The van der Waals surface area contributed by atoms with Crippen LogP contribution >= 0.6 is 7.82 Å². The van der Waals surface area contributed by atoms with E-state index in [1.807, 2.05) is 33.3 Å². The topological polar surface area (TPSA) is 169 Å². The third-order valence-electron chi connectivity index (χ3n) is 9.84. The number of hydrogen-bond donors (Lipinski definition) is 2. The normalized spacial score (nSPS) is 19.9. The van der Waals surface area contributed by atoms with Crippen LogP contribution in [-0.2, 0) is 37.5 Å². The summed E-state index contributed by atoms with van der Waals surface area (Å²) in [6.07, 6.45) is 22.9. The van der Waals surface area contributed by atoms with E-state index in [2.05, 4.69) is 13.8 Å². The maximum Gasteiger partial charge on any atom is 0.306 e. The van der Waals surface area contributed by atoms with Gasteiger partial charge in [-0.3, -0.25) is 18.9 Å². The van der Waals surface area contributed by atoms with Crippen LogP contribution in [0.5, 0.6) is 0 Å². The van der Waals surface area contributed by atoms with E-state index in [1.165, 1.54) is 44.9 Å². The number of unbranched alkanes of at least 4 members (excludes halogenated alkanes) is 13. The van der Waals surface area contributed by atoms with E-state index in [0.717, 1.165) is 38.5 Å². The van der Waals surface area contributed by atoms with Gasteiger partial charge < -0.3 is 38.1 Å². The third-order valence-corrected chi connectivity index (χ3v) is 10.8. The third kappa shape index (κ3) is 27.4. The first-order chi connectivity index (χ1) is 26.2. The van der Waals surface area contributed by atoms with E-state index in [4.69, 9.17) is 18.5 Å². The van der Waals surface area contributed by atoms with E-state index < -0.39 is 44.7 Å². The fraction of sp³-hybridized carbons (Fsp3) is 0.833. The largest absolute Gasteiger partial charge is 0.756 e. The van der Waals surface area contributed by atoms with Crippen molar-refractivity contribution in [2.75, 3.05) is 47.5 Å². The Labute approximate surface area is 332 Å². The van der Waals surface area contributed by atoms with Crippen LogP contribution in [0.3, 0.4) is 0 Å². The quantitative estimate of drug-likeness (QED) is 0.0217. The lowest BCUT2D eigenvalue weighted by Crippen LogP contribution is -2.37. The number of aliphatic hydroxyl groups excluding tert-OH is 2. The lowest BCUT2D eigenvalue weighted by molar-refractivity contribution is -0.870. The van der Waals surface area contributed by atoms with Crippen molar-refractivity contribution in [2.24, 2.45) is 11.8 Å². The van der Waals surface area contributed by atoms with Crippen LogP contribution in [-0.4, -0.2) is 98.2 Å². The number of nitrogens with zero attached hydrogens (tertiary/aromatic N) is 1. The van der Waals surface area contributed by atoms with Gasteiger partial charge in [0, 0.05) is 31.1 Å². The van der Waals surface area contributed by atoms with Gasteiger partial charge in [0.1, 0.15) is 25.5 Å². The molecule has 55 heavy (non-hydrogen) atoms. The number of carbonyl (C=O) groups excluding carboxylic acids is 3. The Morgan fingerprint density at radius 1 is 0.855 bits per heavy atom. The molecule has 0 saturated heterocycles. The molecule has 320 valence electrons. The number of aliphatic hydroxyl groups is 2. The highest BCUT2D eigenvalue weighted by Crippen LogP contribution is 2.38. The molecule has 1 fully saturated rings. The number of ketones is 1. The SMILES string of the molecule is CCCCCCCCCCCCCC(=O)OC[C@H](COP(=O)([O-])OCC[N+](C)(C)C)OC(=O)CCC/C=C\C[C@H]1C(=O)C[C@@H](O)[C@@H]1/C=C/[C@@H](O)CCCCC. The second kappa shape index (κ2) is 30.2. The first-order valence-corrected chi connectivity index (χ1v) is 22.6. The molecule has 0 spiro atoms. The first kappa shape index (κ1) is 51.1. The molecule has 1 aliphatic rings. The number of ether oxygens (including phenoxy) is 2. The Balaban J connectivity index is 2.56. The van der Waals surface area contributed by atoms with Crippen molar-refractivity contribution in [1.82, 2.24) is 0 Å². The van der Waals surface area contributed by atoms with Gasteiger partial charge in [0.05, 0.1) is 40.0 Å². The van der Waals surface area contributed by atoms with Gasteiger partial charge in [-0.05, 0) is 32.1 Å². The van der Waals surface area contributed by atoms with E-state index in [1.54, 1.807) is 12.2 Å². The lowest BCUT2D eigenvalue weighted by Gasteiger charge is -2.28. The Bertz CT molecular complexity index is 1150. The molecule has 1 saturated carbocycles. The minimum atomic E-state index is -4.69. The number of hydrogen-bond acceptors (Lipinski definition) is 11. The van der Waals surface area contributed by atoms with Crippen LogP contribution in [0.25, 0.3) is 0 Å². The zero-order chi connectivity index (χ0) is 41.0. The summed E-state index contributed by atoms with van der Waals surface area (Å²) in [5, 5.41) is 20.7.